The average Bonchev–Trinajstić information content (AvgIpc) is 3.46. The van der Waals surface area contributed by atoms with Crippen molar-refractivity contribution >= 4 is 12.2 Å². The maximum atomic E-state index is 12.5. The number of aliphatic hydroxyl groups excluding tert-OH is 1. The fourth-order valence-electron chi connectivity index (χ4n) is 10.1. The summed E-state index contributed by atoms with van der Waals surface area (Å²) in [6.07, 6.45) is 6.96. The molecule has 2 aliphatic heterocycles. The normalized spacial score (nSPS) is 52.5. The first kappa shape index (κ1) is 28.6. The lowest BCUT2D eigenvalue weighted by Crippen LogP contribution is -2.69. The third-order valence-electron chi connectivity index (χ3n) is 12.2. The average molecular weight is 564 g/mol. The monoisotopic (exact) mass is 563 g/mol. The van der Waals surface area contributed by atoms with Crippen LogP contribution in [0.4, 0.5) is 0 Å². The Hall–Kier alpha value is -1.56. The van der Waals surface area contributed by atoms with E-state index in [1.807, 2.05) is 0 Å². The molecule has 0 radical (unpaired) electrons. The van der Waals surface area contributed by atoms with E-state index in [1.165, 1.54) is 0 Å². The van der Waals surface area contributed by atoms with Crippen molar-refractivity contribution in [3.05, 3.63) is 11.6 Å². The second-order valence-corrected chi connectivity index (χ2v) is 13.6. The first-order valence-corrected chi connectivity index (χ1v) is 15.0. The smallest absolute Gasteiger partial charge is 0.331 e. The van der Waals surface area contributed by atoms with E-state index < -0.39 is 40.5 Å². The molecule has 0 aromatic carbocycles. The van der Waals surface area contributed by atoms with Crippen LogP contribution in [0.3, 0.4) is 0 Å². The number of rotatable bonds is 5. The Morgan fingerprint density at radius 1 is 1.10 bits per heavy atom. The summed E-state index contributed by atoms with van der Waals surface area (Å²) in [5.74, 6) is -0.319. The van der Waals surface area contributed by atoms with Crippen LogP contribution in [-0.4, -0.2) is 88.3 Å². The minimum absolute atomic E-state index is 0.0469. The standard InChI is InChI=1S/C30H45NO9/c1-17-26(33)23(37-3)13-25(39-17)40-19-4-9-28(16-31-36)21-5-8-27(2)20(18-12-24(32)38-15-18)7-11-30(27,35)22(21)6-10-29(28,34)14-19/h12,16-17,19-23,25-26,33-36H,4-11,13-15H2,1-3H3/b31-16-/t17-,19+,20-,21+,22-,23+,25+,26-,27-,28+,29+,30+/m1/s1. The van der Waals surface area contributed by atoms with Gasteiger partial charge >= 0.3 is 5.97 Å². The molecule has 12 atom stereocenters. The highest BCUT2D eigenvalue weighted by atomic mass is 16.7. The van der Waals surface area contributed by atoms with E-state index >= 15 is 0 Å². The van der Waals surface area contributed by atoms with Gasteiger partial charge in [0.15, 0.2) is 6.29 Å². The van der Waals surface area contributed by atoms with Crippen LogP contribution in [0.1, 0.15) is 78.1 Å². The molecule has 224 valence electrons. The van der Waals surface area contributed by atoms with Crippen molar-refractivity contribution < 1.29 is 44.3 Å². The molecule has 0 unspecified atom stereocenters. The van der Waals surface area contributed by atoms with Crippen molar-refractivity contribution in [3.63, 3.8) is 0 Å². The topological polar surface area (TPSA) is 147 Å². The zero-order valence-corrected chi connectivity index (χ0v) is 23.8. The minimum atomic E-state index is -1.15. The molecule has 10 nitrogen and oxygen atoms in total. The number of carbonyl (C=O) groups excluding carboxylic acids is 1. The minimum Gasteiger partial charge on any atom is -0.458 e. The van der Waals surface area contributed by atoms with Gasteiger partial charge in [0.05, 0.1) is 35.7 Å². The lowest BCUT2D eigenvalue weighted by Gasteiger charge is -2.65. The quantitative estimate of drug-likeness (QED) is 0.130. The summed E-state index contributed by atoms with van der Waals surface area (Å²) < 4.78 is 23.0. The van der Waals surface area contributed by atoms with Crippen molar-refractivity contribution in [1.29, 1.82) is 0 Å². The molecule has 4 aliphatic carbocycles. The second-order valence-electron chi connectivity index (χ2n) is 13.6. The van der Waals surface area contributed by atoms with E-state index in [0.717, 1.165) is 24.8 Å². The van der Waals surface area contributed by atoms with Gasteiger partial charge in [-0.15, -0.1) is 5.16 Å². The molecule has 1 saturated heterocycles. The van der Waals surface area contributed by atoms with E-state index in [2.05, 4.69) is 12.1 Å². The Morgan fingerprint density at radius 3 is 2.58 bits per heavy atom. The Labute approximate surface area is 235 Å². The first-order valence-electron chi connectivity index (χ1n) is 15.0. The molecule has 4 saturated carbocycles. The fraction of sp³-hybridized carbons (Fsp3) is 0.867. The first-order chi connectivity index (χ1) is 19.0. The lowest BCUT2D eigenvalue weighted by molar-refractivity contribution is -0.284. The zero-order valence-electron chi connectivity index (χ0n) is 23.8. The van der Waals surface area contributed by atoms with Gasteiger partial charge in [-0.2, -0.15) is 0 Å². The Bertz CT molecular complexity index is 1070. The van der Waals surface area contributed by atoms with Crippen molar-refractivity contribution in [2.45, 2.75) is 120 Å². The van der Waals surface area contributed by atoms with Gasteiger partial charge < -0.3 is 39.5 Å². The number of hydrogen-bond acceptors (Lipinski definition) is 10. The molecule has 0 spiro atoms. The summed E-state index contributed by atoms with van der Waals surface area (Å²) in [7, 11) is 1.57. The Morgan fingerprint density at radius 2 is 1.88 bits per heavy atom. The van der Waals surface area contributed by atoms with E-state index in [9.17, 15) is 25.3 Å². The molecule has 0 amide bonds. The molecule has 40 heavy (non-hydrogen) atoms. The van der Waals surface area contributed by atoms with Crippen LogP contribution in [0.2, 0.25) is 0 Å². The van der Waals surface area contributed by atoms with Gasteiger partial charge in [0.1, 0.15) is 12.7 Å². The highest BCUT2D eigenvalue weighted by Gasteiger charge is 2.71. The largest absolute Gasteiger partial charge is 0.458 e. The maximum Gasteiger partial charge on any atom is 0.331 e. The Balaban J connectivity index is 1.23. The Kier molecular flexibility index (Phi) is 7.15. The predicted octanol–water partition coefficient (Wildman–Crippen LogP) is 2.69. The second kappa shape index (κ2) is 10.0. The molecule has 10 heteroatoms. The number of aliphatic hydroxyl groups is 3. The van der Waals surface area contributed by atoms with Gasteiger partial charge in [0.25, 0.3) is 0 Å². The van der Waals surface area contributed by atoms with Crippen LogP contribution in [-0.2, 0) is 23.7 Å². The van der Waals surface area contributed by atoms with E-state index in [0.29, 0.717) is 51.6 Å². The third-order valence-corrected chi connectivity index (χ3v) is 12.2. The molecule has 2 heterocycles. The van der Waals surface area contributed by atoms with Crippen LogP contribution >= 0.6 is 0 Å². The van der Waals surface area contributed by atoms with Gasteiger partial charge in [0.2, 0.25) is 0 Å². The summed E-state index contributed by atoms with van der Waals surface area (Å²) in [5.41, 5.74) is -2.28. The number of methoxy groups -OCH3 is 1. The van der Waals surface area contributed by atoms with Crippen LogP contribution in [0, 0.1) is 28.6 Å². The highest BCUT2D eigenvalue weighted by molar-refractivity contribution is 5.85. The van der Waals surface area contributed by atoms with Crippen LogP contribution in [0.15, 0.2) is 16.8 Å². The molecule has 0 aromatic heterocycles. The molecule has 6 rings (SSSR count). The summed E-state index contributed by atoms with van der Waals surface area (Å²) >= 11 is 0. The number of esters is 1. The number of oxime groups is 1. The van der Waals surface area contributed by atoms with Gasteiger partial charge in [-0.05, 0) is 81.6 Å². The van der Waals surface area contributed by atoms with E-state index in [1.54, 1.807) is 26.3 Å². The van der Waals surface area contributed by atoms with Crippen LogP contribution < -0.4 is 0 Å². The highest BCUT2D eigenvalue weighted by Crippen LogP contribution is 2.70. The van der Waals surface area contributed by atoms with Crippen molar-refractivity contribution in [3.8, 4) is 0 Å². The SMILES string of the molecule is CO[C@H]1C[C@H](O[C@H]2CC[C@]3(/C=N\O)[C@H]4CC[C@]5(C)[C@@H](C6=CC(=O)OC6)CC[C@]5(O)[C@@H]4CC[C@]3(O)C2)O[C@H](C)[C@H]1O. The molecule has 0 aromatic rings. The summed E-state index contributed by atoms with van der Waals surface area (Å²) in [5, 5.41) is 48.5. The lowest BCUT2D eigenvalue weighted by atomic mass is 9.41. The van der Waals surface area contributed by atoms with Gasteiger partial charge in [-0.1, -0.05) is 6.92 Å². The molecule has 0 bridgehead atoms. The molecule has 5 fully saturated rings. The van der Waals surface area contributed by atoms with E-state index in [4.69, 9.17) is 18.9 Å². The van der Waals surface area contributed by atoms with E-state index in [-0.39, 0.29) is 35.9 Å². The fourth-order valence-corrected chi connectivity index (χ4v) is 10.1. The van der Waals surface area contributed by atoms with Crippen molar-refractivity contribution in [1.82, 2.24) is 0 Å². The number of fused-ring (bicyclic) bond motifs is 5. The predicted molar refractivity (Wildman–Crippen MR) is 142 cm³/mol. The number of nitrogens with zero attached hydrogens (tertiary/aromatic N) is 1. The third kappa shape index (κ3) is 4.04. The summed E-state index contributed by atoms with van der Waals surface area (Å²) in [6, 6.07) is 0. The molecular weight excluding hydrogens is 518 g/mol. The van der Waals surface area contributed by atoms with Crippen molar-refractivity contribution in [2.24, 2.45) is 33.7 Å². The maximum absolute atomic E-state index is 12.5. The van der Waals surface area contributed by atoms with Crippen LogP contribution in [0.5, 0.6) is 0 Å². The summed E-state index contributed by atoms with van der Waals surface area (Å²) in [4.78, 5) is 11.8. The number of ether oxygens (including phenoxy) is 4. The van der Waals surface area contributed by atoms with Gasteiger partial charge in [-0.3, -0.25) is 0 Å². The molecule has 4 N–H and O–H groups in total. The van der Waals surface area contributed by atoms with Crippen molar-refractivity contribution in [2.75, 3.05) is 13.7 Å². The van der Waals surface area contributed by atoms with Crippen LogP contribution in [0.25, 0.3) is 0 Å². The van der Waals surface area contributed by atoms with Gasteiger partial charge in [0, 0.05) is 36.9 Å². The number of hydrogen-bond donors (Lipinski definition) is 4. The summed E-state index contributed by atoms with van der Waals surface area (Å²) in [6.45, 7) is 4.27. The molecular formula is C30H45NO9. The number of carbonyl (C=O) groups is 1. The zero-order chi connectivity index (χ0) is 28.5. The molecule has 6 aliphatic rings. The van der Waals surface area contributed by atoms with Gasteiger partial charge in [-0.25, -0.2) is 4.79 Å². The number of cyclic esters (lactones) is 1.